The van der Waals surface area contributed by atoms with Crippen LogP contribution in [0.3, 0.4) is 0 Å². The summed E-state index contributed by atoms with van der Waals surface area (Å²) in [6.45, 7) is 12.0. The molecule has 4 aromatic rings. The molecule has 4 atom stereocenters. The summed E-state index contributed by atoms with van der Waals surface area (Å²) in [5.74, 6) is 0.857. The molecule has 0 unspecified atom stereocenters. The Kier molecular flexibility index (Phi) is 11.1. The number of carbonyl (C=O) groups excluding carboxylic acids is 1. The molecule has 1 aliphatic heterocycles. The number of fused-ring (bicyclic) bond motifs is 2. The largest absolute Gasteiger partial charge is 0.573 e. The predicted octanol–water partition coefficient (Wildman–Crippen LogP) is 7.83. The maximum atomic E-state index is 12.8. The van der Waals surface area contributed by atoms with Crippen LogP contribution in [0.25, 0.3) is 11.0 Å². The van der Waals surface area contributed by atoms with E-state index in [9.17, 15) is 18.0 Å². The Morgan fingerprint density at radius 1 is 1.07 bits per heavy atom. The fraction of sp³-hybridized carbons (Fsp3) is 0.537. The van der Waals surface area contributed by atoms with Crippen LogP contribution in [0.15, 0.2) is 55.0 Å². The smallest absolute Gasteiger partial charge is 0.497 e. The van der Waals surface area contributed by atoms with Crippen LogP contribution in [0.4, 0.5) is 30.4 Å². The highest BCUT2D eigenvalue weighted by Gasteiger charge is 2.55. The number of amides is 1. The Bertz CT molecular complexity index is 2030. The second-order valence-electron chi connectivity index (χ2n) is 16.1. The normalized spacial score (nSPS) is 24.3. The lowest BCUT2D eigenvalue weighted by Crippen LogP contribution is -2.51. The predicted molar refractivity (Wildman–Crippen MR) is 207 cm³/mol. The van der Waals surface area contributed by atoms with Crippen molar-refractivity contribution in [3.8, 4) is 11.5 Å². The number of aromatic nitrogens is 3. The summed E-state index contributed by atoms with van der Waals surface area (Å²) in [4.78, 5) is 24.7. The molecule has 0 spiro atoms. The Hall–Kier alpha value is -4.60. The molecule has 15 heteroatoms. The lowest BCUT2D eigenvalue weighted by Gasteiger charge is -2.46. The number of nitrogen functional groups attached to an aromatic ring is 1. The minimum atomic E-state index is -4.82. The molecule has 12 nitrogen and oxygen atoms in total. The molecule has 7 rings (SSSR count). The van der Waals surface area contributed by atoms with E-state index in [1.807, 2.05) is 26.0 Å². The fourth-order valence-corrected chi connectivity index (χ4v) is 8.72. The molecule has 3 aliphatic rings. The number of hydrogen-bond acceptors (Lipinski definition) is 10. The van der Waals surface area contributed by atoms with Crippen molar-refractivity contribution in [1.29, 1.82) is 0 Å². The van der Waals surface area contributed by atoms with Gasteiger partial charge < -0.3 is 39.9 Å². The third-order valence-corrected chi connectivity index (χ3v) is 11.5. The van der Waals surface area contributed by atoms with Crippen molar-refractivity contribution in [2.75, 3.05) is 30.0 Å². The number of anilines is 3. The highest BCUT2D eigenvalue weighted by atomic mass is 19.4. The molecule has 1 amide bonds. The minimum Gasteiger partial charge on any atom is -0.497 e. The van der Waals surface area contributed by atoms with Crippen LogP contribution in [0.5, 0.6) is 11.5 Å². The zero-order valence-electron chi connectivity index (χ0n) is 32.7. The van der Waals surface area contributed by atoms with Gasteiger partial charge in [0.15, 0.2) is 5.79 Å². The van der Waals surface area contributed by atoms with E-state index in [0.717, 1.165) is 71.7 Å². The second kappa shape index (κ2) is 15.7. The molecule has 3 fully saturated rings. The highest BCUT2D eigenvalue weighted by Crippen LogP contribution is 2.49. The molecule has 2 aromatic carbocycles. The number of alkyl halides is 3. The first kappa shape index (κ1) is 39.6. The van der Waals surface area contributed by atoms with Gasteiger partial charge in [0.2, 0.25) is 5.91 Å². The molecule has 4 N–H and O–H groups in total. The molecular formula is C41H52F3N7O5. The number of benzene rings is 2. The van der Waals surface area contributed by atoms with Gasteiger partial charge in [-0.3, -0.25) is 9.69 Å². The number of carbonyl (C=O) groups is 1. The number of rotatable bonds is 14. The van der Waals surface area contributed by atoms with E-state index in [0.29, 0.717) is 37.4 Å². The zero-order chi connectivity index (χ0) is 39.9. The van der Waals surface area contributed by atoms with Gasteiger partial charge in [-0.05, 0) is 108 Å². The van der Waals surface area contributed by atoms with Gasteiger partial charge in [0.05, 0.1) is 36.0 Å². The summed E-state index contributed by atoms with van der Waals surface area (Å²) in [7, 11) is 1.67. The van der Waals surface area contributed by atoms with Crippen molar-refractivity contribution in [1.82, 2.24) is 19.4 Å². The lowest BCUT2D eigenvalue weighted by atomic mass is 9.76. The summed E-state index contributed by atoms with van der Waals surface area (Å²) in [6, 6.07) is 12.4. The van der Waals surface area contributed by atoms with Gasteiger partial charge in [-0.1, -0.05) is 6.07 Å². The summed E-state index contributed by atoms with van der Waals surface area (Å²) in [5.41, 5.74) is 9.30. The Labute approximate surface area is 325 Å². The van der Waals surface area contributed by atoms with Crippen LogP contribution >= 0.6 is 0 Å². The van der Waals surface area contributed by atoms with E-state index < -0.39 is 17.9 Å². The summed E-state index contributed by atoms with van der Waals surface area (Å²) in [6.07, 6.45) is 2.52. The number of nitrogens with one attached hydrogen (secondary N) is 2. The number of nitrogens with two attached hydrogens (primary N) is 1. The van der Waals surface area contributed by atoms with Crippen molar-refractivity contribution in [2.24, 2.45) is 11.8 Å². The van der Waals surface area contributed by atoms with E-state index in [1.165, 1.54) is 6.07 Å². The van der Waals surface area contributed by atoms with Crippen molar-refractivity contribution in [2.45, 2.75) is 116 Å². The zero-order valence-corrected chi connectivity index (χ0v) is 32.7. The van der Waals surface area contributed by atoms with Crippen LogP contribution in [0.2, 0.25) is 0 Å². The quantitative estimate of drug-likeness (QED) is 0.109. The second-order valence-corrected chi connectivity index (χ2v) is 16.1. The Morgan fingerprint density at radius 3 is 2.52 bits per heavy atom. The molecular weight excluding hydrogens is 727 g/mol. The van der Waals surface area contributed by atoms with Gasteiger partial charge in [-0.2, -0.15) is 0 Å². The van der Waals surface area contributed by atoms with Gasteiger partial charge >= 0.3 is 6.36 Å². The molecule has 56 heavy (non-hydrogen) atoms. The topological polar surface area (TPSA) is 138 Å². The van der Waals surface area contributed by atoms with Gasteiger partial charge in [0.1, 0.15) is 35.4 Å². The summed E-state index contributed by atoms with van der Waals surface area (Å²) in [5, 5.41) is 7.20. The third kappa shape index (κ3) is 8.69. The molecule has 0 bridgehead atoms. The third-order valence-electron chi connectivity index (χ3n) is 11.5. The molecule has 2 aromatic heterocycles. The first-order valence-corrected chi connectivity index (χ1v) is 19.3. The van der Waals surface area contributed by atoms with Gasteiger partial charge in [-0.25, -0.2) is 9.97 Å². The molecule has 0 radical (unpaired) electrons. The SMILES string of the molecule is COc1ccc(CNc2ncnc3c2ccn3[C@@H]2C[C@H](CN(C(C)C)C3CC(CCC(=O)Nc4ccc(OC(F)(F)F)cc4N)C3)[C@H]3OC(C)(C)O[C@H]32)c(C)c1. The van der Waals surface area contributed by atoms with E-state index >= 15 is 0 Å². The number of hydrogen-bond donors (Lipinski definition) is 3. The van der Waals surface area contributed by atoms with Gasteiger partial charge in [-0.15, -0.1) is 13.2 Å². The number of ether oxygens (including phenoxy) is 4. The Morgan fingerprint density at radius 2 is 1.82 bits per heavy atom. The number of nitrogens with zero attached hydrogens (tertiary/aromatic N) is 4. The van der Waals surface area contributed by atoms with Crippen molar-refractivity contribution in [3.63, 3.8) is 0 Å². The molecule has 3 heterocycles. The first-order chi connectivity index (χ1) is 26.6. The molecule has 2 saturated carbocycles. The fourth-order valence-electron chi connectivity index (χ4n) is 8.72. The van der Waals surface area contributed by atoms with Crippen LogP contribution in [0, 0.1) is 18.8 Å². The van der Waals surface area contributed by atoms with Gasteiger partial charge in [0, 0.05) is 49.8 Å². The average Bonchev–Trinajstić information content (AvgIpc) is 3.77. The Balaban J connectivity index is 0.970. The van der Waals surface area contributed by atoms with Crippen LogP contribution < -0.4 is 25.8 Å². The minimum absolute atomic E-state index is 0.00335. The van der Waals surface area contributed by atoms with Crippen LogP contribution in [-0.4, -0.2) is 75.4 Å². The highest BCUT2D eigenvalue weighted by molar-refractivity contribution is 5.94. The lowest BCUT2D eigenvalue weighted by molar-refractivity contribution is -0.274. The van der Waals surface area contributed by atoms with E-state index in [-0.39, 0.29) is 41.4 Å². The van der Waals surface area contributed by atoms with E-state index in [1.54, 1.807) is 13.4 Å². The number of aryl methyl sites for hydroxylation is 1. The summed E-state index contributed by atoms with van der Waals surface area (Å²) < 4.78 is 62.4. The molecule has 302 valence electrons. The number of halogens is 3. The maximum Gasteiger partial charge on any atom is 0.573 e. The summed E-state index contributed by atoms with van der Waals surface area (Å²) >= 11 is 0. The van der Waals surface area contributed by atoms with Gasteiger partial charge in [0.25, 0.3) is 0 Å². The van der Waals surface area contributed by atoms with Crippen molar-refractivity contribution in [3.05, 3.63) is 66.1 Å². The molecule has 1 saturated heterocycles. The van der Waals surface area contributed by atoms with Crippen LogP contribution in [0.1, 0.15) is 77.0 Å². The monoisotopic (exact) mass is 779 g/mol. The van der Waals surface area contributed by atoms with E-state index in [4.69, 9.17) is 24.9 Å². The maximum absolute atomic E-state index is 12.8. The average molecular weight is 780 g/mol. The van der Waals surface area contributed by atoms with Crippen molar-refractivity contribution < 1.29 is 36.9 Å². The van der Waals surface area contributed by atoms with Crippen LogP contribution in [-0.2, 0) is 20.8 Å². The first-order valence-electron chi connectivity index (χ1n) is 19.3. The molecule has 2 aliphatic carbocycles. The standard InChI is InChI=1S/C41H52F3N7O5/c1-23(2)51(28-16-25(17-28)7-12-35(52)49-33-11-10-30(19-32(33)45)54-41(42,43)44)21-27-18-34(37-36(27)55-40(4,5)56-37)50-14-13-31-38(47-22-48-39(31)50)46-20-26-8-9-29(53-6)15-24(26)3/h8-11,13-15,19,22-23,25,27-28,34,36-37H,7,12,16-18,20-21,45H2,1-6H3,(H,49,52)(H,46,47,48)/t25?,27-,28?,34-,36-,37+/m1/s1. The van der Waals surface area contributed by atoms with E-state index in [2.05, 4.69) is 68.9 Å². The van der Waals surface area contributed by atoms with Crippen molar-refractivity contribution >= 4 is 34.1 Å². The number of methoxy groups -OCH3 is 1.